The van der Waals surface area contributed by atoms with Crippen LogP contribution >= 0.6 is 11.6 Å². The van der Waals surface area contributed by atoms with Crippen molar-refractivity contribution in [1.82, 2.24) is 4.72 Å². The number of halogens is 1. The van der Waals surface area contributed by atoms with Crippen molar-refractivity contribution < 1.29 is 27.8 Å². The third-order valence-electron chi connectivity index (χ3n) is 5.03. The zero-order chi connectivity index (χ0) is 22.7. The van der Waals surface area contributed by atoms with Crippen molar-refractivity contribution in [3.8, 4) is 11.5 Å². The second-order valence-corrected chi connectivity index (χ2v) is 9.34. The predicted octanol–water partition coefficient (Wildman–Crippen LogP) is 4.35. The number of carboxylic acids is 1. The fraction of sp³-hybridized carbons (Fsp3) is 0.174. The summed E-state index contributed by atoms with van der Waals surface area (Å²) in [5.41, 5.74) is 1.05. The molecule has 0 saturated carbocycles. The van der Waals surface area contributed by atoms with Crippen molar-refractivity contribution in [2.24, 2.45) is 0 Å². The Bertz CT molecular complexity index is 1210. The van der Waals surface area contributed by atoms with Gasteiger partial charge in [-0.05, 0) is 30.3 Å². The number of para-hydroxylation sites is 1. The molecule has 0 amide bonds. The molecule has 1 aliphatic heterocycles. The first-order valence-electron chi connectivity index (χ1n) is 9.83. The number of fused-ring (bicyclic) bond motifs is 1. The van der Waals surface area contributed by atoms with Crippen LogP contribution in [0.25, 0.3) is 0 Å². The summed E-state index contributed by atoms with van der Waals surface area (Å²) in [6, 6.07) is 18.9. The summed E-state index contributed by atoms with van der Waals surface area (Å²) in [5, 5.41) is 10.1. The Morgan fingerprint density at radius 1 is 1.06 bits per heavy atom. The quantitative estimate of drug-likeness (QED) is 0.529. The molecule has 7 nitrogen and oxygen atoms in total. The molecule has 2 N–H and O–H groups in total. The van der Waals surface area contributed by atoms with Gasteiger partial charge in [-0.2, -0.15) is 0 Å². The van der Waals surface area contributed by atoms with Crippen LogP contribution in [0.4, 0.5) is 0 Å². The van der Waals surface area contributed by atoms with E-state index in [9.17, 15) is 18.3 Å². The number of rotatable bonds is 7. The summed E-state index contributed by atoms with van der Waals surface area (Å²) in [6.07, 6.45) is -0.831. The van der Waals surface area contributed by atoms with Gasteiger partial charge in [-0.15, -0.1) is 0 Å². The van der Waals surface area contributed by atoms with Crippen LogP contribution in [0, 0.1) is 0 Å². The summed E-state index contributed by atoms with van der Waals surface area (Å²) in [7, 11) is -3.81. The van der Waals surface area contributed by atoms with Gasteiger partial charge < -0.3 is 14.6 Å². The standard InChI is InChI=1S/C23H20ClNO6S/c24-16-9-11-17(12-10-16)32(28,29)25-19-13-14-30-22-18(19)7-4-8-20(22)31-21(23(26)27)15-5-2-1-3-6-15/h1-12,19,21,25H,13-14H2,(H,26,27). The average molecular weight is 474 g/mol. The average Bonchev–Trinajstić information content (AvgIpc) is 2.78. The van der Waals surface area contributed by atoms with Gasteiger partial charge in [0.15, 0.2) is 11.5 Å². The Kier molecular flexibility index (Phi) is 6.36. The minimum Gasteiger partial charge on any atom is -0.489 e. The van der Waals surface area contributed by atoms with E-state index in [1.54, 1.807) is 48.5 Å². The van der Waals surface area contributed by atoms with Crippen molar-refractivity contribution in [3.63, 3.8) is 0 Å². The molecule has 9 heteroatoms. The number of carboxylic acid groups (broad SMARTS) is 1. The molecule has 4 rings (SSSR count). The monoisotopic (exact) mass is 473 g/mol. The third kappa shape index (κ3) is 4.72. The number of nitrogens with one attached hydrogen (secondary N) is 1. The molecule has 1 heterocycles. The molecule has 0 bridgehead atoms. The van der Waals surface area contributed by atoms with Crippen molar-refractivity contribution in [2.75, 3.05) is 6.61 Å². The van der Waals surface area contributed by atoms with E-state index in [0.717, 1.165) is 0 Å². The van der Waals surface area contributed by atoms with E-state index in [1.807, 2.05) is 0 Å². The summed E-state index contributed by atoms with van der Waals surface area (Å²) in [5.74, 6) is -0.594. The number of sulfonamides is 1. The Labute approximate surface area is 190 Å². The maximum Gasteiger partial charge on any atom is 0.349 e. The van der Waals surface area contributed by atoms with Gasteiger partial charge in [0.2, 0.25) is 16.1 Å². The highest BCUT2D eigenvalue weighted by Crippen LogP contribution is 2.41. The molecule has 0 aliphatic carbocycles. The first-order valence-corrected chi connectivity index (χ1v) is 11.7. The van der Waals surface area contributed by atoms with E-state index in [1.165, 1.54) is 24.3 Å². The molecule has 2 unspecified atom stereocenters. The normalized spacial score (nSPS) is 16.5. The molecule has 0 spiro atoms. The van der Waals surface area contributed by atoms with Crippen LogP contribution in [0.1, 0.15) is 29.7 Å². The highest BCUT2D eigenvalue weighted by molar-refractivity contribution is 7.89. The Hall–Kier alpha value is -3.07. The van der Waals surface area contributed by atoms with Gasteiger partial charge in [0, 0.05) is 22.6 Å². The Balaban J connectivity index is 1.63. The highest BCUT2D eigenvalue weighted by Gasteiger charge is 2.30. The molecule has 0 radical (unpaired) electrons. The number of ether oxygens (including phenoxy) is 2. The fourth-order valence-electron chi connectivity index (χ4n) is 3.50. The first kappa shape index (κ1) is 22.1. The van der Waals surface area contributed by atoms with Crippen molar-refractivity contribution in [3.05, 3.63) is 88.9 Å². The van der Waals surface area contributed by atoms with Crippen LogP contribution in [0.15, 0.2) is 77.7 Å². The summed E-state index contributed by atoms with van der Waals surface area (Å²) < 4.78 is 40.0. The van der Waals surface area contributed by atoms with E-state index in [-0.39, 0.29) is 17.3 Å². The first-order chi connectivity index (χ1) is 15.3. The second-order valence-electron chi connectivity index (χ2n) is 7.19. The minimum atomic E-state index is -3.81. The Morgan fingerprint density at radius 2 is 1.78 bits per heavy atom. The number of benzene rings is 3. The van der Waals surface area contributed by atoms with E-state index >= 15 is 0 Å². The lowest BCUT2D eigenvalue weighted by Crippen LogP contribution is -2.32. The maximum atomic E-state index is 12.9. The number of carbonyl (C=O) groups is 1. The highest BCUT2D eigenvalue weighted by atomic mass is 35.5. The molecule has 32 heavy (non-hydrogen) atoms. The molecule has 0 fully saturated rings. The van der Waals surface area contributed by atoms with E-state index in [4.69, 9.17) is 21.1 Å². The molecular formula is C23H20ClNO6S. The maximum absolute atomic E-state index is 12.9. The van der Waals surface area contributed by atoms with Gasteiger partial charge in [-0.25, -0.2) is 17.9 Å². The van der Waals surface area contributed by atoms with Crippen molar-refractivity contribution in [1.29, 1.82) is 0 Å². The van der Waals surface area contributed by atoms with Crippen LogP contribution in [0.2, 0.25) is 5.02 Å². The number of hydrogen-bond acceptors (Lipinski definition) is 5. The van der Waals surface area contributed by atoms with Crippen molar-refractivity contribution in [2.45, 2.75) is 23.5 Å². The Morgan fingerprint density at radius 3 is 2.47 bits per heavy atom. The van der Waals surface area contributed by atoms with Gasteiger partial charge >= 0.3 is 5.97 Å². The van der Waals surface area contributed by atoms with Gasteiger partial charge in [-0.1, -0.05) is 54.1 Å². The zero-order valence-electron chi connectivity index (χ0n) is 16.8. The lowest BCUT2D eigenvalue weighted by Gasteiger charge is -2.28. The van der Waals surface area contributed by atoms with Gasteiger partial charge in [-0.3, -0.25) is 0 Å². The lowest BCUT2D eigenvalue weighted by atomic mass is 10.0. The largest absolute Gasteiger partial charge is 0.489 e. The molecule has 0 aromatic heterocycles. The van der Waals surface area contributed by atoms with Gasteiger partial charge in [0.25, 0.3) is 0 Å². The number of aliphatic carboxylic acids is 1. The smallest absolute Gasteiger partial charge is 0.349 e. The predicted molar refractivity (Wildman–Crippen MR) is 119 cm³/mol. The SMILES string of the molecule is O=C(O)C(Oc1cccc2c1OCCC2NS(=O)(=O)c1ccc(Cl)cc1)c1ccccc1. The molecular weight excluding hydrogens is 454 g/mol. The number of hydrogen-bond donors (Lipinski definition) is 2. The summed E-state index contributed by atoms with van der Waals surface area (Å²) >= 11 is 5.86. The summed E-state index contributed by atoms with van der Waals surface area (Å²) in [6.45, 7) is 0.240. The van der Waals surface area contributed by atoms with Crippen LogP contribution < -0.4 is 14.2 Å². The molecule has 0 saturated heterocycles. The van der Waals surface area contributed by atoms with Gasteiger partial charge in [0.05, 0.1) is 17.5 Å². The fourth-order valence-corrected chi connectivity index (χ4v) is 4.87. The lowest BCUT2D eigenvalue weighted by molar-refractivity contribution is -0.145. The topological polar surface area (TPSA) is 102 Å². The van der Waals surface area contributed by atoms with E-state index < -0.39 is 28.1 Å². The zero-order valence-corrected chi connectivity index (χ0v) is 18.3. The molecule has 166 valence electrons. The van der Waals surface area contributed by atoms with Gasteiger partial charge in [0.1, 0.15) is 0 Å². The third-order valence-corrected chi connectivity index (χ3v) is 6.77. The molecule has 1 aliphatic rings. The summed E-state index contributed by atoms with van der Waals surface area (Å²) in [4.78, 5) is 11.9. The van der Waals surface area contributed by atoms with E-state index in [0.29, 0.717) is 28.3 Å². The van der Waals surface area contributed by atoms with Crippen molar-refractivity contribution >= 4 is 27.6 Å². The molecule has 3 aromatic rings. The molecule has 3 aromatic carbocycles. The van der Waals surface area contributed by atoms with Crippen LogP contribution in [-0.4, -0.2) is 26.1 Å². The minimum absolute atomic E-state index is 0.0948. The molecule has 2 atom stereocenters. The second kappa shape index (κ2) is 9.20. The van der Waals surface area contributed by atoms with Crippen LogP contribution in [0.3, 0.4) is 0 Å². The van der Waals surface area contributed by atoms with E-state index in [2.05, 4.69) is 4.72 Å². The van der Waals surface area contributed by atoms with Crippen LogP contribution in [-0.2, 0) is 14.8 Å². The van der Waals surface area contributed by atoms with Crippen LogP contribution in [0.5, 0.6) is 11.5 Å².